The summed E-state index contributed by atoms with van der Waals surface area (Å²) in [4.78, 5) is 28.8. The third-order valence-corrected chi connectivity index (χ3v) is 6.58. The van der Waals surface area contributed by atoms with E-state index < -0.39 is 0 Å². The van der Waals surface area contributed by atoms with Crippen molar-refractivity contribution in [2.75, 3.05) is 23.3 Å². The number of hydrogen-bond donors (Lipinski definition) is 1. The third-order valence-electron chi connectivity index (χ3n) is 5.42. The molecule has 29 heavy (non-hydrogen) atoms. The van der Waals surface area contributed by atoms with Crippen LogP contribution in [0.15, 0.2) is 29.9 Å². The highest BCUT2D eigenvalue weighted by Gasteiger charge is 2.30. The van der Waals surface area contributed by atoms with Crippen molar-refractivity contribution in [3.8, 4) is 0 Å². The Morgan fingerprint density at radius 3 is 2.62 bits per heavy atom. The van der Waals surface area contributed by atoms with E-state index in [-0.39, 0.29) is 24.1 Å². The van der Waals surface area contributed by atoms with Crippen LogP contribution in [0, 0.1) is 5.92 Å². The number of thiophene rings is 1. The SMILES string of the molecule is Cl.O=C(c1ccsc1Cl)C1CCN(c2nc3cnccc3nc2NC2CC2)CC1. The van der Waals surface area contributed by atoms with E-state index in [1.54, 1.807) is 12.4 Å². The molecule has 0 unspecified atom stereocenters. The van der Waals surface area contributed by atoms with Gasteiger partial charge in [0.25, 0.3) is 0 Å². The summed E-state index contributed by atoms with van der Waals surface area (Å²) in [6.07, 6.45) is 7.42. The van der Waals surface area contributed by atoms with Crippen molar-refractivity contribution in [2.24, 2.45) is 5.92 Å². The molecule has 0 amide bonds. The molecule has 0 bridgehead atoms. The molecule has 152 valence electrons. The number of nitrogens with one attached hydrogen (secondary N) is 1. The van der Waals surface area contributed by atoms with Crippen molar-refractivity contribution < 1.29 is 4.79 Å². The minimum Gasteiger partial charge on any atom is -0.364 e. The summed E-state index contributed by atoms with van der Waals surface area (Å²) < 4.78 is 0.594. The van der Waals surface area contributed by atoms with Gasteiger partial charge in [-0.05, 0) is 43.2 Å². The molecule has 1 saturated heterocycles. The molecule has 2 aliphatic rings. The van der Waals surface area contributed by atoms with Crippen LogP contribution >= 0.6 is 35.3 Å². The van der Waals surface area contributed by atoms with Crippen molar-refractivity contribution in [3.05, 3.63) is 39.8 Å². The summed E-state index contributed by atoms with van der Waals surface area (Å²) in [5.41, 5.74) is 2.30. The molecule has 0 atom stereocenters. The molecular formula is C20H21Cl2N5OS. The van der Waals surface area contributed by atoms with Crippen molar-refractivity contribution in [1.82, 2.24) is 15.0 Å². The molecule has 3 aromatic rings. The number of carbonyl (C=O) groups is 1. The summed E-state index contributed by atoms with van der Waals surface area (Å²) in [6.45, 7) is 1.55. The van der Waals surface area contributed by atoms with Crippen LogP contribution in [-0.4, -0.2) is 39.9 Å². The number of carbonyl (C=O) groups excluding carboxylic acids is 1. The van der Waals surface area contributed by atoms with Gasteiger partial charge in [0.05, 0.1) is 11.7 Å². The Balaban J connectivity index is 0.00000205. The largest absolute Gasteiger partial charge is 0.364 e. The first-order valence-corrected chi connectivity index (χ1v) is 10.9. The van der Waals surface area contributed by atoms with E-state index in [1.807, 2.05) is 17.5 Å². The molecule has 2 fully saturated rings. The number of halogens is 2. The first-order chi connectivity index (χ1) is 13.7. The molecule has 5 rings (SSSR count). The predicted molar refractivity (Wildman–Crippen MR) is 120 cm³/mol. The predicted octanol–water partition coefficient (Wildman–Crippen LogP) is 4.84. The second kappa shape index (κ2) is 8.42. The lowest BCUT2D eigenvalue weighted by molar-refractivity contribution is 0.0901. The molecular weight excluding hydrogens is 429 g/mol. The van der Waals surface area contributed by atoms with Crippen molar-refractivity contribution in [2.45, 2.75) is 31.7 Å². The minimum atomic E-state index is 0. The second-order valence-electron chi connectivity index (χ2n) is 7.41. The molecule has 1 saturated carbocycles. The van der Waals surface area contributed by atoms with Gasteiger partial charge in [-0.2, -0.15) is 0 Å². The van der Waals surface area contributed by atoms with Gasteiger partial charge in [-0.15, -0.1) is 23.7 Å². The van der Waals surface area contributed by atoms with Crippen LogP contribution in [0.1, 0.15) is 36.0 Å². The molecule has 3 aromatic heterocycles. The number of rotatable bonds is 5. The Labute approximate surface area is 184 Å². The highest BCUT2D eigenvalue weighted by molar-refractivity contribution is 7.14. The third kappa shape index (κ3) is 4.17. The van der Waals surface area contributed by atoms with Crippen LogP contribution in [-0.2, 0) is 0 Å². The summed E-state index contributed by atoms with van der Waals surface area (Å²) in [7, 11) is 0. The topological polar surface area (TPSA) is 71.0 Å². The van der Waals surface area contributed by atoms with Gasteiger partial charge in [0, 0.05) is 36.8 Å². The van der Waals surface area contributed by atoms with Gasteiger partial charge in [-0.3, -0.25) is 9.78 Å². The maximum Gasteiger partial charge on any atom is 0.172 e. The van der Waals surface area contributed by atoms with Crippen molar-refractivity contribution in [3.63, 3.8) is 0 Å². The van der Waals surface area contributed by atoms with Gasteiger partial charge in [0.2, 0.25) is 0 Å². The Kier molecular flexibility index (Phi) is 5.90. The maximum atomic E-state index is 12.8. The molecule has 9 heteroatoms. The quantitative estimate of drug-likeness (QED) is 0.562. The standard InChI is InChI=1S/C20H20ClN5OS.ClH/c21-18-14(6-10-28-18)17(27)12-4-8-26(9-5-12)20-19(23-13-1-2-13)24-15-3-7-22-11-16(15)25-20;/h3,6-7,10-13H,1-2,4-5,8-9H2,(H,23,24);1H. The van der Waals surface area contributed by atoms with E-state index in [0.29, 0.717) is 15.9 Å². The first-order valence-electron chi connectivity index (χ1n) is 9.59. The van der Waals surface area contributed by atoms with Gasteiger partial charge in [-0.1, -0.05) is 11.6 Å². The summed E-state index contributed by atoms with van der Waals surface area (Å²) in [5.74, 6) is 1.88. The Hall–Kier alpha value is -1.96. The Morgan fingerprint density at radius 2 is 1.93 bits per heavy atom. The minimum absolute atomic E-state index is 0. The summed E-state index contributed by atoms with van der Waals surface area (Å²) >= 11 is 7.57. The lowest BCUT2D eigenvalue weighted by Crippen LogP contribution is -2.37. The molecule has 0 radical (unpaired) electrons. The Bertz CT molecular complexity index is 1030. The zero-order valence-corrected chi connectivity index (χ0v) is 18.1. The average Bonchev–Trinajstić information content (AvgIpc) is 3.44. The van der Waals surface area contributed by atoms with E-state index in [4.69, 9.17) is 21.6 Å². The van der Waals surface area contributed by atoms with Gasteiger partial charge >= 0.3 is 0 Å². The monoisotopic (exact) mass is 449 g/mol. The van der Waals surface area contributed by atoms with Crippen LogP contribution in [0.2, 0.25) is 4.34 Å². The number of hydrogen-bond acceptors (Lipinski definition) is 7. The van der Waals surface area contributed by atoms with E-state index in [0.717, 1.165) is 48.6 Å². The number of anilines is 2. The van der Waals surface area contributed by atoms with Gasteiger partial charge in [0.15, 0.2) is 17.4 Å². The van der Waals surface area contributed by atoms with E-state index in [1.165, 1.54) is 24.2 Å². The normalized spacial score (nSPS) is 17.2. The zero-order chi connectivity index (χ0) is 19.1. The van der Waals surface area contributed by atoms with Crippen LogP contribution in [0.4, 0.5) is 11.6 Å². The highest BCUT2D eigenvalue weighted by Crippen LogP contribution is 2.34. The smallest absolute Gasteiger partial charge is 0.172 e. The van der Waals surface area contributed by atoms with E-state index in [2.05, 4.69) is 15.2 Å². The highest BCUT2D eigenvalue weighted by atomic mass is 35.5. The lowest BCUT2D eigenvalue weighted by atomic mass is 9.90. The summed E-state index contributed by atoms with van der Waals surface area (Å²) in [6, 6.07) is 4.22. The fourth-order valence-corrected chi connectivity index (χ4v) is 4.61. The fourth-order valence-electron chi connectivity index (χ4n) is 3.68. The molecule has 0 aromatic carbocycles. The molecule has 6 nitrogen and oxygen atoms in total. The number of Topliss-reactive ketones (excluding diaryl/α,β-unsaturated/α-hetero) is 1. The zero-order valence-electron chi connectivity index (χ0n) is 15.7. The molecule has 4 heterocycles. The van der Waals surface area contributed by atoms with Crippen molar-refractivity contribution >= 4 is 63.8 Å². The van der Waals surface area contributed by atoms with Gasteiger partial charge in [0.1, 0.15) is 9.85 Å². The number of ketones is 1. The number of pyridine rings is 1. The number of piperidine rings is 1. The van der Waals surface area contributed by atoms with Crippen LogP contribution < -0.4 is 10.2 Å². The van der Waals surface area contributed by atoms with Crippen LogP contribution in [0.25, 0.3) is 11.0 Å². The maximum absolute atomic E-state index is 12.8. The Morgan fingerprint density at radius 1 is 1.14 bits per heavy atom. The van der Waals surface area contributed by atoms with Crippen LogP contribution in [0.5, 0.6) is 0 Å². The average molecular weight is 450 g/mol. The van der Waals surface area contributed by atoms with E-state index >= 15 is 0 Å². The number of nitrogens with zero attached hydrogens (tertiary/aromatic N) is 4. The molecule has 1 aliphatic carbocycles. The second-order valence-corrected chi connectivity index (χ2v) is 8.93. The summed E-state index contributed by atoms with van der Waals surface area (Å²) in [5, 5.41) is 5.39. The van der Waals surface area contributed by atoms with E-state index in [9.17, 15) is 4.79 Å². The number of fused-ring (bicyclic) bond motifs is 1. The van der Waals surface area contributed by atoms with Gasteiger partial charge < -0.3 is 10.2 Å². The fraction of sp³-hybridized carbons (Fsp3) is 0.400. The lowest BCUT2D eigenvalue weighted by Gasteiger charge is -2.33. The van der Waals surface area contributed by atoms with Crippen molar-refractivity contribution in [1.29, 1.82) is 0 Å². The van der Waals surface area contributed by atoms with Crippen LogP contribution in [0.3, 0.4) is 0 Å². The number of aromatic nitrogens is 3. The molecule has 1 aliphatic heterocycles. The first kappa shape index (κ1) is 20.3. The van der Waals surface area contributed by atoms with Gasteiger partial charge in [-0.25, -0.2) is 9.97 Å². The molecule has 0 spiro atoms. The molecule has 1 N–H and O–H groups in total.